The lowest BCUT2D eigenvalue weighted by molar-refractivity contribution is -0.137. The number of hydrogen-bond acceptors (Lipinski definition) is 3. The van der Waals surface area contributed by atoms with Gasteiger partial charge in [-0.15, -0.1) is 0 Å². The van der Waals surface area contributed by atoms with Crippen molar-refractivity contribution < 1.29 is 14.6 Å². The molecule has 4 heteroatoms. The van der Waals surface area contributed by atoms with Crippen molar-refractivity contribution >= 4 is 5.97 Å². The molecule has 124 valence electrons. The van der Waals surface area contributed by atoms with E-state index < -0.39 is 5.97 Å². The first kappa shape index (κ1) is 15.0. The summed E-state index contributed by atoms with van der Waals surface area (Å²) in [6, 6.07) is 8.17. The summed E-state index contributed by atoms with van der Waals surface area (Å²) in [5, 5.41) is 12.6. The number of aliphatic carboxylic acids is 1. The highest BCUT2D eigenvalue weighted by Crippen LogP contribution is 2.45. The summed E-state index contributed by atoms with van der Waals surface area (Å²) in [6.45, 7) is 2.26. The first-order valence-electron chi connectivity index (χ1n) is 8.88. The third kappa shape index (κ3) is 3.37. The highest BCUT2D eigenvalue weighted by atomic mass is 16.5. The molecule has 1 aromatic rings. The normalized spacial score (nSPS) is 30.9. The second-order valence-electron chi connectivity index (χ2n) is 7.50. The highest BCUT2D eigenvalue weighted by Gasteiger charge is 2.38. The van der Waals surface area contributed by atoms with Crippen molar-refractivity contribution in [1.82, 2.24) is 5.32 Å². The molecule has 23 heavy (non-hydrogen) atoms. The van der Waals surface area contributed by atoms with E-state index >= 15 is 0 Å². The van der Waals surface area contributed by atoms with Crippen molar-refractivity contribution in [1.29, 1.82) is 0 Å². The SMILES string of the molecule is O=C(O)CC(c1cccc(OC2CC3CNCC3C2)c1)C1CC1. The molecule has 4 rings (SSSR count). The Morgan fingerprint density at radius 1 is 1.26 bits per heavy atom. The van der Waals surface area contributed by atoms with Crippen LogP contribution in [0.1, 0.15) is 43.6 Å². The molecule has 2 saturated carbocycles. The predicted molar refractivity (Wildman–Crippen MR) is 87.7 cm³/mol. The molecule has 3 unspecified atom stereocenters. The quantitative estimate of drug-likeness (QED) is 0.847. The summed E-state index contributed by atoms with van der Waals surface area (Å²) in [5.74, 6) is 2.44. The average molecular weight is 315 g/mol. The zero-order valence-corrected chi connectivity index (χ0v) is 13.4. The number of benzene rings is 1. The fourth-order valence-corrected chi connectivity index (χ4v) is 4.46. The standard InChI is InChI=1S/C19H25NO3/c21-19(22)9-18(12-4-5-12)13-2-1-3-16(6-13)23-17-7-14-10-20-11-15(14)8-17/h1-3,6,12,14-15,17-18,20H,4-5,7-11H2,(H,21,22). The minimum atomic E-state index is -0.704. The smallest absolute Gasteiger partial charge is 0.303 e. The lowest BCUT2D eigenvalue weighted by Crippen LogP contribution is -2.18. The van der Waals surface area contributed by atoms with Gasteiger partial charge in [0, 0.05) is 0 Å². The topological polar surface area (TPSA) is 58.6 Å². The second kappa shape index (κ2) is 6.16. The Morgan fingerprint density at radius 2 is 2.00 bits per heavy atom. The third-order valence-corrected chi connectivity index (χ3v) is 5.79. The number of rotatable bonds is 6. The molecule has 1 aromatic carbocycles. The Balaban J connectivity index is 1.44. The monoisotopic (exact) mass is 315 g/mol. The molecular formula is C19H25NO3. The van der Waals surface area contributed by atoms with Gasteiger partial charge in [-0.25, -0.2) is 0 Å². The number of carbonyl (C=O) groups is 1. The van der Waals surface area contributed by atoms with E-state index in [1.807, 2.05) is 12.1 Å². The minimum Gasteiger partial charge on any atom is -0.490 e. The van der Waals surface area contributed by atoms with Crippen LogP contribution in [-0.2, 0) is 4.79 Å². The predicted octanol–water partition coefficient (Wildman–Crippen LogP) is 3.03. The van der Waals surface area contributed by atoms with Crippen LogP contribution in [-0.4, -0.2) is 30.3 Å². The summed E-state index contributed by atoms with van der Waals surface area (Å²) in [6.07, 6.45) is 5.14. The molecule has 3 atom stereocenters. The van der Waals surface area contributed by atoms with Crippen LogP contribution in [0.2, 0.25) is 0 Å². The van der Waals surface area contributed by atoms with E-state index in [4.69, 9.17) is 4.74 Å². The molecule has 1 aliphatic heterocycles. The number of hydrogen-bond donors (Lipinski definition) is 2. The number of carboxylic acid groups (broad SMARTS) is 1. The molecule has 2 aliphatic carbocycles. The lowest BCUT2D eigenvalue weighted by Gasteiger charge is -2.18. The van der Waals surface area contributed by atoms with Gasteiger partial charge < -0.3 is 15.2 Å². The molecule has 4 nitrogen and oxygen atoms in total. The number of fused-ring (bicyclic) bond motifs is 1. The van der Waals surface area contributed by atoms with Gasteiger partial charge in [0.05, 0.1) is 12.5 Å². The molecule has 3 aliphatic rings. The Bertz CT molecular complexity index is 572. The fraction of sp³-hybridized carbons (Fsp3) is 0.632. The van der Waals surface area contributed by atoms with Crippen molar-refractivity contribution in [3.05, 3.63) is 29.8 Å². The van der Waals surface area contributed by atoms with Crippen LogP contribution in [0.5, 0.6) is 5.75 Å². The molecule has 2 N–H and O–H groups in total. The third-order valence-electron chi connectivity index (χ3n) is 5.79. The van der Waals surface area contributed by atoms with E-state index in [2.05, 4.69) is 17.4 Å². The summed E-state index contributed by atoms with van der Waals surface area (Å²) in [7, 11) is 0. The van der Waals surface area contributed by atoms with Crippen molar-refractivity contribution in [2.75, 3.05) is 13.1 Å². The van der Waals surface area contributed by atoms with E-state index in [-0.39, 0.29) is 12.3 Å². The van der Waals surface area contributed by atoms with E-state index in [9.17, 15) is 9.90 Å². The van der Waals surface area contributed by atoms with Gasteiger partial charge in [-0.1, -0.05) is 12.1 Å². The molecule has 1 saturated heterocycles. The van der Waals surface area contributed by atoms with Crippen LogP contribution in [0.4, 0.5) is 0 Å². The van der Waals surface area contributed by atoms with Gasteiger partial charge in [-0.3, -0.25) is 4.79 Å². The zero-order valence-electron chi connectivity index (χ0n) is 13.4. The molecule has 0 radical (unpaired) electrons. The Labute approximate surface area is 137 Å². The van der Waals surface area contributed by atoms with Crippen LogP contribution in [0.25, 0.3) is 0 Å². The molecule has 3 fully saturated rings. The van der Waals surface area contributed by atoms with Gasteiger partial charge in [0.15, 0.2) is 0 Å². The largest absolute Gasteiger partial charge is 0.490 e. The Morgan fingerprint density at radius 3 is 2.65 bits per heavy atom. The Hall–Kier alpha value is -1.55. The number of ether oxygens (including phenoxy) is 1. The van der Waals surface area contributed by atoms with Crippen molar-refractivity contribution in [3.8, 4) is 5.75 Å². The van der Waals surface area contributed by atoms with Crippen LogP contribution < -0.4 is 10.1 Å². The summed E-state index contributed by atoms with van der Waals surface area (Å²) in [4.78, 5) is 11.2. The van der Waals surface area contributed by atoms with Gasteiger partial charge in [0.25, 0.3) is 0 Å². The first-order chi connectivity index (χ1) is 11.2. The van der Waals surface area contributed by atoms with Crippen LogP contribution >= 0.6 is 0 Å². The van der Waals surface area contributed by atoms with E-state index in [1.165, 1.54) is 0 Å². The molecule has 0 aromatic heterocycles. The van der Waals surface area contributed by atoms with Crippen LogP contribution in [0.3, 0.4) is 0 Å². The average Bonchev–Trinajstić information content (AvgIpc) is 3.15. The van der Waals surface area contributed by atoms with Gasteiger partial charge in [0.1, 0.15) is 5.75 Å². The summed E-state index contributed by atoms with van der Waals surface area (Å²) < 4.78 is 6.23. The minimum absolute atomic E-state index is 0.142. The summed E-state index contributed by atoms with van der Waals surface area (Å²) >= 11 is 0. The number of nitrogens with one attached hydrogen (secondary N) is 1. The molecule has 0 amide bonds. The van der Waals surface area contributed by atoms with Gasteiger partial charge in [-0.2, -0.15) is 0 Å². The second-order valence-corrected chi connectivity index (χ2v) is 7.50. The maximum absolute atomic E-state index is 11.2. The first-order valence-corrected chi connectivity index (χ1v) is 8.88. The van der Waals surface area contributed by atoms with E-state index in [1.54, 1.807) is 0 Å². The molecule has 1 heterocycles. The fourth-order valence-electron chi connectivity index (χ4n) is 4.46. The molecular weight excluding hydrogens is 290 g/mol. The number of carboxylic acids is 1. The highest BCUT2D eigenvalue weighted by molar-refractivity contribution is 5.68. The summed E-state index contributed by atoms with van der Waals surface area (Å²) in [5.41, 5.74) is 1.13. The zero-order chi connectivity index (χ0) is 15.8. The van der Waals surface area contributed by atoms with Gasteiger partial charge in [-0.05, 0) is 80.1 Å². The van der Waals surface area contributed by atoms with Gasteiger partial charge in [0.2, 0.25) is 0 Å². The Kier molecular flexibility index (Phi) is 4.02. The van der Waals surface area contributed by atoms with E-state index in [0.717, 1.165) is 61.9 Å². The van der Waals surface area contributed by atoms with Crippen molar-refractivity contribution in [3.63, 3.8) is 0 Å². The maximum Gasteiger partial charge on any atom is 0.303 e. The van der Waals surface area contributed by atoms with E-state index in [0.29, 0.717) is 12.0 Å². The molecule has 0 spiro atoms. The van der Waals surface area contributed by atoms with Crippen LogP contribution in [0.15, 0.2) is 24.3 Å². The van der Waals surface area contributed by atoms with Gasteiger partial charge >= 0.3 is 5.97 Å². The van der Waals surface area contributed by atoms with Crippen molar-refractivity contribution in [2.45, 2.75) is 44.1 Å². The maximum atomic E-state index is 11.2. The lowest BCUT2D eigenvalue weighted by atomic mass is 9.91. The van der Waals surface area contributed by atoms with Crippen LogP contribution in [0, 0.1) is 17.8 Å². The molecule has 0 bridgehead atoms. The van der Waals surface area contributed by atoms with Crippen molar-refractivity contribution in [2.24, 2.45) is 17.8 Å².